The minimum absolute atomic E-state index is 0.108. The molecule has 0 radical (unpaired) electrons. The molecule has 0 unspecified atom stereocenters. The van der Waals surface area contributed by atoms with E-state index >= 15 is 0 Å². The van der Waals surface area contributed by atoms with Crippen LogP contribution >= 0.6 is 0 Å². The van der Waals surface area contributed by atoms with E-state index in [0.29, 0.717) is 6.07 Å². The molecule has 0 amide bonds. The van der Waals surface area contributed by atoms with Crippen LogP contribution < -0.4 is 4.74 Å². The summed E-state index contributed by atoms with van der Waals surface area (Å²) in [4.78, 5) is 0. The maximum absolute atomic E-state index is 14.1. The van der Waals surface area contributed by atoms with Gasteiger partial charge in [0.25, 0.3) is 0 Å². The Morgan fingerprint density at radius 3 is 2.17 bits per heavy atom. The van der Waals surface area contributed by atoms with Gasteiger partial charge in [0.2, 0.25) is 0 Å². The molecule has 0 aromatic heterocycles. The van der Waals surface area contributed by atoms with Gasteiger partial charge in [-0.05, 0) is 29.8 Å². The van der Waals surface area contributed by atoms with Gasteiger partial charge in [-0.3, -0.25) is 0 Å². The number of halogens is 7. The van der Waals surface area contributed by atoms with Crippen molar-refractivity contribution in [3.8, 4) is 29.2 Å². The molecule has 24 heavy (non-hydrogen) atoms. The Morgan fingerprint density at radius 2 is 1.62 bits per heavy atom. The van der Waals surface area contributed by atoms with E-state index in [1.165, 1.54) is 0 Å². The molecule has 0 aliphatic rings. The Morgan fingerprint density at radius 1 is 0.958 bits per heavy atom. The molecule has 1 nitrogen and oxygen atoms in total. The summed E-state index contributed by atoms with van der Waals surface area (Å²) < 4.78 is 93.0. The van der Waals surface area contributed by atoms with Gasteiger partial charge in [-0.2, -0.15) is 13.2 Å². The summed E-state index contributed by atoms with van der Waals surface area (Å²) in [6.07, 6.45) is -4.87. The van der Waals surface area contributed by atoms with E-state index in [-0.39, 0.29) is 11.1 Å². The Labute approximate surface area is 131 Å². The highest BCUT2D eigenvalue weighted by Crippen LogP contribution is 2.37. The van der Waals surface area contributed by atoms with Gasteiger partial charge in [0, 0.05) is 11.1 Å². The largest absolute Gasteiger partial charge is 0.573 e. The third-order valence-corrected chi connectivity index (χ3v) is 2.92. The van der Waals surface area contributed by atoms with Gasteiger partial charge in [0.15, 0.2) is 0 Å². The lowest BCUT2D eigenvalue weighted by Gasteiger charge is -2.14. The second-order valence-electron chi connectivity index (χ2n) is 4.60. The van der Waals surface area contributed by atoms with E-state index in [1.54, 1.807) is 0 Å². The van der Waals surface area contributed by atoms with Crippen molar-refractivity contribution in [3.63, 3.8) is 0 Å². The maximum Gasteiger partial charge on any atom is 0.573 e. The molecule has 0 aliphatic heterocycles. The van der Waals surface area contributed by atoms with Crippen LogP contribution in [0.15, 0.2) is 36.4 Å². The SMILES string of the molecule is C#Cc1cc(OC(F)(F)F)cc(-c2cccc(C(F)(F)F)c2F)c1. The van der Waals surface area contributed by atoms with E-state index in [0.717, 1.165) is 30.3 Å². The van der Waals surface area contributed by atoms with Crippen molar-refractivity contribution in [2.45, 2.75) is 12.5 Å². The van der Waals surface area contributed by atoms with Crippen LogP contribution in [-0.2, 0) is 6.18 Å². The van der Waals surface area contributed by atoms with Crippen molar-refractivity contribution >= 4 is 0 Å². The van der Waals surface area contributed by atoms with E-state index in [4.69, 9.17) is 6.42 Å². The molecule has 0 saturated carbocycles. The Bertz CT molecular complexity index is 798. The van der Waals surface area contributed by atoms with Gasteiger partial charge >= 0.3 is 12.5 Å². The Kier molecular flexibility index (Phi) is 4.47. The number of terminal acetylenes is 1. The molecule has 0 heterocycles. The van der Waals surface area contributed by atoms with Gasteiger partial charge < -0.3 is 4.74 Å². The zero-order chi connectivity index (χ0) is 18.1. The zero-order valence-corrected chi connectivity index (χ0v) is 11.6. The molecule has 0 atom stereocenters. The third-order valence-electron chi connectivity index (χ3n) is 2.92. The topological polar surface area (TPSA) is 9.23 Å². The summed E-state index contributed by atoms with van der Waals surface area (Å²) in [5.41, 5.74) is -2.46. The minimum Gasteiger partial charge on any atom is -0.406 e. The molecule has 0 fully saturated rings. The second-order valence-corrected chi connectivity index (χ2v) is 4.60. The number of ether oxygens (including phenoxy) is 1. The lowest BCUT2D eigenvalue weighted by molar-refractivity contribution is -0.274. The highest BCUT2D eigenvalue weighted by Gasteiger charge is 2.35. The van der Waals surface area contributed by atoms with E-state index in [2.05, 4.69) is 4.74 Å². The predicted molar refractivity (Wildman–Crippen MR) is 71.5 cm³/mol. The van der Waals surface area contributed by atoms with Crippen molar-refractivity contribution < 1.29 is 35.5 Å². The fourth-order valence-corrected chi connectivity index (χ4v) is 2.00. The molecule has 126 valence electrons. The zero-order valence-electron chi connectivity index (χ0n) is 11.6. The average molecular weight is 348 g/mol. The summed E-state index contributed by atoms with van der Waals surface area (Å²) in [6, 6.07) is 5.17. The van der Waals surface area contributed by atoms with Crippen molar-refractivity contribution in [2.75, 3.05) is 0 Å². The first kappa shape index (κ1) is 17.7. The van der Waals surface area contributed by atoms with Crippen molar-refractivity contribution in [3.05, 3.63) is 53.3 Å². The fourth-order valence-electron chi connectivity index (χ4n) is 2.00. The molecule has 2 aromatic rings. The molecule has 0 N–H and O–H groups in total. The smallest absolute Gasteiger partial charge is 0.406 e. The van der Waals surface area contributed by atoms with Crippen molar-refractivity contribution in [1.29, 1.82) is 0 Å². The van der Waals surface area contributed by atoms with Crippen LogP contribution in [0.25, 0.3) is 11.1 Å². The average Bonchev–Trinajstić information content (AvgIpc) is 2.44. The van der Waals surface area contributed by atoms with E-state index < -0.39 is 35.2 Å². The van der Waals surface area contributed by atoms with Crippen molar-refractivity contribution in [2.24, 2.45) is 0 Å². The first-order valence-electron chi connectivity index (χ1n) is 6.25. The highest BCUT2D eigenvalue weighted by molar-refractivity contribution is 5.69. The molecular formula is C16H7F7O. The third kappa shape index (κ3) is 3.98. The normalized spacial score (nSPS) is 11.9. The van der Waals surface area contributed by atoms with Crippen LogP contribution in [0.4, 0.5) is 30.7 Å². The maximum atomic E-state index is 14.1. The molecule has 2 rings (SSSR count). The van der Waals surface area contributed by atoms with Gasteiger partial charge in [-0.25, -0.2) is 4.39 Å². The first-order valence-corrected chi connectivity index (χ1v) is 6.25. The van der Waals surface area contributed by atoms with Crippen LogP contribution in [-0.4, -0.2) is 6.36 Å². The van der Waals surface area contributed by atoms with Crippen LogP contribution in [0.5, 0.6) is 5.75 Å². The molecule has 0 saturated heterocycles. The Hall–Kier alpha value is -2.69. The highest BCUT2D eigenvalue weighted by atomic mass is 19.4. The van der Waals surface area contributed by atoms with E-state index in [9.17, 15) is 30.7 Å². The van der Waals surface area contributed by atoms with Gasteiger partial charge in [-0.15, -0.1) is 19.6 Å². The second kappa shape index (κ2) is 6.07. The van der Waals surface area contributed by atoms with Crippen molar-refractivity contribution in [1.82, 2.24) is 0 Å². The first-order chi connectivity index (χ1) is 11.0. The lowest BCUT2D eigenvalue weighted by Crippen LogP contribution is -2.17. The minimum atomic E-state index is -5.03. The summed E-state index contributed by atoms with van der Waals surface area (Å²) in [7, 11) is 0. The van der Waals surface area contributed by atoms with Gasteiger partial charge in [-0.1, -0.05) is 18.1 Å². The van der Waals surface area contributed by atoms with Crippen LogP contribution in [0.3, 0.4) is 0 Å². The fraction of sp³-hybridized carbons (Fsp3) is 0.125. The summed E-state index contributed by atoms with van der Waals surface area (Å²) in [6.45, 7) is 0. The van der Waals surface area contributed by atoms with Crippen LogP contribution in [0.1, 0.15) is 11.1 Å². The van der Waals surface area contributed by atoms with Crippen LogP contribution in [0, 0.1) is 18.2 Å². The summed E-state index contributed by atoms with van der Waals surface area (Å²) in [5, 5.41) is 0. The predicted octanol–water partition coefficient (Wildman–Crippen LogP) is 5.39. The molecule has 0 aliphatic carbocycles. The Balaban J connectivity index is 2.61. The number of hydrogen-bond acceptors (Lipinski definition) is 1. The molecule has 0 spiro atoms. The molecule has 8 heteroatoms. The quantitative estimate of drug-likeness (QED) is 0.522. The number of benzene rings is 2. The lowest BCUT2D eigenvalue weighted by atomic mass is 9.99. The summed E-state index contributed by atoms with van der Waals surface area (Å²) >= 11 is 0. The molecule has 0 bridgehead atoms. The molecular weight excluding hydrogens is 341 g/mol. The summed E-state index contributed by atoms with van der Waals surface area (Å²) in [5.74, 6) is -0.338. The van der Waals surface area contributed by atoms with E-state index in [1.807, 2.05) is 5.92 Å². The monoisotopic (exact) mass is 348 g/mol. The molecule has 2 aromatic carbocycles. The number of alkyl halides is 6. The standard InChI is InChI=1S/C16H7F7O/c1-2-9-6-10(8-11(7-9)24-16(21,22)23)12-4-3-5-13(14(12)17)15(18,19)20/h1,3-8H. The van der Waals surface area contributed by atoms with Gasteiger partial charge in [0.05, 0.1) is 5.56 Å². The number of rotatable bonds is 2. The number of hydrogen-bond donors (Lipinski definition) is 0. The van der Waals surface area contributed by atoms with Gasteiger partial charge in [0.1, 0.15) is 11.6 Å². The van der Waals surface area contributed by atoms with Crippen LogP contribution in [0.2, 0.25) is 0 Å².